The number of aromatic hydroxyl groups is 1. The molecule has 0 saturated carbocycles. The highest BCUT2D eigenvalue weighted by Gasteiger charge is 2.51. The molecule has 0 radical (unpaired) electrons. The highest BCUT2D eigenvalue weighted by atomic mass is 32.2. The monoisotopic (exact) mass is 425 g/mol. The minimum absolute atomic E-state index is 0.0413. The average Bonchev–Trinajstić information content (AvgIpc) is 2.96. The van der Waals surface area contributed by atoms with Crippen LogP contribution < -0.4 is 11.1 Å². The first-order chi connectivity index (χ1) is 13.5. The van der Waals surface area contributed by atoms with Crippen LogP contribution in [0.1, 0.15) is 32.4 Å². The number of carbonyl (C=O) groups is 3. The Bertz CT molecular complexity index is 770. The van der Waals surface area contributed by atoms with E-state index in [9.17, 15) is 24.6 Å². The molecule has 1 heterocycles. The number of rotatable bonds is 7. The Morgan fingerprint density at radius 1 is 1.31 bits per heavy atom. The molecule has 1 fully saturated rings. The van der Waals surface area contributed by atoms with Crippen LogP contribution in [0.15, 0.2) is 24.3 Å². The van der Waals surface area contributed by atoms with E-state index in [1.807, 2.05) is 0 Å². The number of benzene rings is 1. The SMILES string of the molecule is CCOC(=O)C(C1N[C@@H](C(=O)O)C(C)(C)S1)N(C)C(=O)[C@H](N)c1ccc(O)cc1. The second-order valence-corrected chi connectivity index (χ2v) is 9.09. The molecule has 1 aliphatic heterocycles. The Kier molecular flexibility index (Phi) is 7.15. The van der Waals surface area contributed by atoms with E-state index >= 15 is 0 Å². The van der Waals surface area contributed by atoms with Crippen LogP contribution in [0.2, 0.25) is 0 Å². The predicted octanol–water partition coefficient (Wildman–Crippen LogP) is 0.676. The first kappa shape index (κ1) is 23.0. The van der Waals surface area contributed by atoms with E-state index < -0.39 is 46.1 Å². The van der Waals surface area contributed by atoms with Crippen molar-refractivity contribution in [3.63, 3.8) is 0 Å². The molecule has 1 aromatic rings. The number of aliphatic carboxylic acids is 1. The highest BCUT2D eigenvalue weighted by Crippen LogP contribution is 2.40. The first-order valence-electron chi connectivity index (χ1n) is 9.14. The van der Waals surface area contributed by atoms with Crippen molar-refractivity contribution in [2.24, 2.45) is 5.73 Å². The van der Waals surface area contributed by atoms with Gasteiger partial charge in [0.05, 0.1) is 12.0 Å². The number of carboxylic acid groups (broad SMARTS) is 1. The summed E-state index contributed by atoms with van der Waals surface area (Å²) in [7, 11) is 1.44. The Labute approximate surface area is 173 Å². The second kappa shape index (κ2) is 9.02. The summed E-state index contributed by atoms with van der Waals surface area (Å²) < 4.78 is 4.44. The maximum atomic E-state index is 13.0. The molecule has 29 heavy (non-hydrogen) atoms. The number of amides is 1. The summed E-state index contributed by atoms with van der Waals surface area (Å²) in [6.07, 6.45) is 0. The van der Waals surface area contributed by atoms with E-state index in [1.165, 1.54) is 48.0 Å². The van der Waals surface area contributed by atoms with E-state index in [4.69, 9.17) is 10.5 Å². The molecule has 9 nitrogen and oxygen atoms in total. The number of hydrogen-bond donors (Lipinski definition) is 4. The van der Waals surface area contributed by atoms with Crippen LogP contribution in [0, 0.1) is 0 Å². The van der Waals surface area contributed by atoms with Crippen molar-refractivity contribution >= 4 is 29.6 Å². The molecule has 5 N–H and O–H groups in total. The lowest BCUT2D eigenvalue weighted by molar-refractivity contribution is -0.154. The second-order valence-electron chi connectivity index (χ2n) is 7.30. The Hall–Kier alpha value is -2.30. The fourth-order valence-corrected chi connectivity index (χ4v) is 4.80. The quantitative estimate of drug-likeness (QED) is 0.464. The van der Waals surface area contributed by atoms with Crippen molar-refractivity contribution in [2.45, 2.75) is 49.0 Å². The van der Waals surface area contributed by atoms with E-state index in [2.05, 4.69) is 5.32 Å². The van der Waals surface area contributed by atoms with Crippen LogP contribution in [-0.2, 0) is 19.1 Å². The van der Waals surface area contributed by atoms with Crippen LogP contribution in [0.25, 0.3) is 0 Å². The zero-order chi connectivity index (χ0) is 21.9. The topological polar surface area (TPSA) is 142 Å². The third-order valence-electron chi connectivity index (χ3n) is 4.80. The van der Waals surface area contributed by atoms with Gasteiger partial charge < -0.3 is 25.6 Å². The molecule has 0 aromatic heterocycles. The number of carboxylic acids is 1. The fraction of sp³-hybridized carbons (Fsp3) is 0.526. The van der Waals surface area contributed by atoms with E-state index in [-0.39, 0.29) is 12.4 Å². The van der Waals surface area contributed by atoms with Crippen LogP contribution >= 0.6 is 11.8 Å². The molecule has 10 heteroatoms. The number of phenolic OH excluding ortho intramolecular Hbond substituents is 1. The third-order valence-corrected chi connectivity index (χ3v) is 6.29. The zero-order valence-electron chi connectivity index (χ0n) is 16.8. The molecule has 1 aliphatic rings. The molecule has 4 atom stereocenters. The van der Waals surface area contributed by atoms with Crippen molar-refractivity contribution in [1.29, 1.82) is 0 Å². The molecule has 1 saturated heterocycles. The van der Waals surface area contributed by atoms with Gasteiger partial charge in [0.15, 0.2) is 6.04 Å². The molecule has 0 bridgehead atoms. The third kappa shape index (κ3) is 5.01. The average molecular weight is 426 g/mol. The number of nitrogens with one attached hydrogen (secondary N) is 1. The van der Waals surface area contributed by atoms with Gasteiger partial charge in [0.1, 0.15) is 17.8 Å². The molecule has 2 unspecified atom stereocenters. The van der Waals surface area contributed by atoms with Gasteiger partial charge in [-0.1, -0.05) is 12.1 Å². The zero-order valence-corrected chi connectivity index (χ0v) is 17.6. The van der Waals surface area contributed by atoms with Gasteiger partial charge >= 0.3 is 11.9 Å². The molecule has 0 spiro atoms. The number of esters is 1. The van der Waals surface area contributed by atoms with Gasteiger partial charge in [-0.2, -0.15) is 0 Å². The number of thioether (sulfide) groups is 1. The van der Waals surface area contributed by atoms with E-state index in [1.54, 1.807) is 20.8 Å². The molecular formula is C19H27N3O6S. The number of nitrogens with zero attached hydrogens (tertiary/aromatic N) is 1. The van der Waals surface area contributed by atoms with Gasteiger partial charge in [-0.15, -0.1) is 11.8 Å². The molecular weight excluding hydrogens is 398 g/mol. The summed E-state index contributed by atoms with van der Waals surface area (Å²) in [6, 6.07) is 2.85. The Morgan fingerprint density at radius 2 is 1.90 bits per heavy atom. The summed E-state index contributed by atoms with van der Waals surface area (Å²) in [6.45, 7) is 5.29. The number of nitrogens with two attached hydrogens (primary N) is 1. The van der Waals surface area contributed by atoms with E-state index in [0.29, 0.717) is 5.56 Å². The largest absolute Gasteiger partial charge is 0.508 e. The van der Waals surface area contributed by atoms with Crippen LogP contribution in [0.4, 0.5) is 0 Å². The maximum Gasteiger partial charge on any atom is 0.331 e. The Morgan fingerprint density at radius 3 is 2.38 bits per heavy atom. The van der Waals surface area contributed by atoms with Gasteiger partial charge in [0.25, 0.3) is 0 Å². The number of ether oxygens (including phenoxy) is 1. The lowest BCUT2D eigenvalue weighted by atomic mass is 10.0. The summed E-state index contributed by atoms with van der Waals surface area (Å²) in [4.78, 5) is 38.5. The van der Waals surface area contributed by atoms with Gasteiger partial charge in [-0.05, 0) is 38.5 Å². The smallest absolute Gasteiger partial charge is 0.331 e. The molecule has 160 valence electrons. The number of likely N-dealkylation sites (N-methyl/N-ethyl adjacent to an activating group) is 1. The van der Waals surface area contributed by atoms with Gasteiger partial charge in [-0.25, -0.2) is 4.79 Å². The van der Waals surface area contributed by atoms with Gasteiger partial charge in [-0.3, -0.25) is 14.9 Å². The van der Waals surface area contributed by atoms with Crippen molar-refractivity contribution in [1.82, 2.24) is 10.2 Å². The predicted molar refractivity (Wildman–Crippen MR) is 108 cm³/mol. The van der Waals surface area contributed by atoms with Crippen LogP contribution in [-0.4, -0.2) is 68.8 Å². The summed E-state index contributed by atoms with van der Waals surface area (Å²) >= 11 is 1.26. The van der Waals surface area contributed by atoms with Crippen molar-refractivity contribution in [3.8, 4) is 5.75 Å². The van der Waals surface area contributed by atoms with E-state index in [0.717, 1.165) is 0 Å². The minimum Gasteiger partial charge on any atom is -0.508 e. The van der Waals surface area contributed by atoms with Crippen molar-refractivity contribution in [2.75, 3.05) is 13.7 Å². The van der Waals surface area contributed by atoms with Crippen LogP contribution in [0.5, 0.6) is 5.75 Å². The highest BCUT2D eigenvalue weighted by molar-refractivity contribution is 8.01. The lowest BCUT2D eigenvalue weighted by Crippen LogP contribution is -2.56. The summed E-state index contributed by atoms with van der Waals surface area (Å²) in [5.74, 6) is -2.18. The molecule has 0 aliphatic carbocycles. The Balaban J connectivity index is 2.29. The first-order valence-corrected chi connectivity index (χ1v) is 10.0. The molecule has 1 aromatic carbocycles. The maximum absolute atomic E-state index is 13.0. The molecule has 1 amide bonds. The van der Waals surface area contributed by atoms with Gasteiger partial charge in [0, 0.05) is 11.8 Å². The normalized spacial score (nSPS) is 22.5. The van der Waals surface area contributed by atoms with Crippen LogP contribution in [0.3, 0.4) is 0 Å². The molecule has 2 rings (SSSR count). The minimum atomic E-state index is -1.07. The summed E-state index contributed by atoms with van der Waals surface area (Å²) in [5, 5.41) is 21.1. The standard InChI is InChI=1S/C19H27N3O6S/c1-5-28-18(27)13(15-21-14(17(25)26)19(2,3)29-15)22(4)16(24)12(20)10-6-8-11(23)9-7-10/h6-9,12-15,21,23H,5,20H2,1-4H3,(H,25,26)/t12-,13?,14+,15?/m1/s1. The number of carbonyl (C=O) groups excluding carboxylic acids is 2. The van der Waals surface area contributed by atoms with Crippen molar-refractivity contribution in [3.05, 3.63) is 29.8 Å². The fourth-order valence-electron chi connectivity index (χ4n) is 3.21. The number of phenols is 1. The van der Waals surface area contributed by atoms with Gasteiger partial charge in [0.2, 0.25) is 5.91 Å². The summed E-state index contributed by atoms with van der Waals surface area (Å²) in [5.41, 5.74) is 6.55. The lowest BCUT2D eigenvalue weighted by Gasteiger charge is -2.32. The number of hydrogen-bond acceptors (Lipinski definition) is 8. The van der Waals surface area contributed by atoms with Crippen molar-refractivity contribution < 1.29 is 29.3 Å².